The third kappa shape index (κ3) is 7.66. The summed E-state index contributed by atoms with van der Waals surface area (Å²) in [7, 11) is 0. The number of benzene rings is 3. The van der Waals surface area contributed by atoms with Crippen molar-refractivity contribution in [1.29, 1.82) is 0 Å². The number of alkyl halides is 3. The van der Waals surface area contributed by atoms with E-state index in [0.29, 0.717) is 31.9 Å². The zero-order valence-corrected chi connectivity index (χ0v) is 20.1. The molecule has 3 N–H and O–H groups in total. The van der Waals surface area contributed by atoms with Gasteiger partial charge in [-0.1, -0.05) is 12.1 Å². The van der Waals surface area contributed by atoms with Crippen LogP contribution in [0.5, 0.6) is 0 Å². The van der Waals surface area contributed by atoms with Crippen molar-refractivity contribution >= 4 is 34.9 Å². The first-order valence-electron chi connectivity index (χ1n) is 11.4. The maximum atomic E-state index is 13.8. The molecule has 0 aromatic heterocycles. The van der Waals surface area contributed by atoms with E-state index in [1.165, 1.54) is 36.4 Å². The minimum atomic E-state index is -5.08. The van der Waals surface area contributed by atoms with Gasteiger partial charge in [0.05, 0.1) is 16.8 Å². The molecule has 1 amide bonds. The Morgan fingerprint density at radius 3 is 1.87 bits per heavy atom. The predicted octanol–water partition coefficient (Wildman–Crippen LogP) is 4.88. The molecule has 0 spiro atoms. The van der Waals surface area contributed by atoms with Crippen molar-refractivity contribution in [2.75, 3.05) is 41.3 Å². The van der Waals surface area contributed by atoms with E-state index >= 15 is 0 Å². The SMILES string of the molecule is O=C(Nc1ccc(N2CCN(c3ccc(F)cc3)CC2)c(C(=O)O)c1)c1ccccc1F.O=C(O)C(F)(F)F. The Balaban J connectivity index is 0.000000532. The summed E-state index contributed by atoms with van der Waals surface area (Å²) >= 11 is 0. The van der Waals surface area contributed by atoms with Gasteiger partial charge in [0.1, 0.15) is 11.6 Å². The molecule has 1 saturated heterocycles. The average molecular weight is 551 g/mol. The zero-order chi connectivity index (χ0) is 28.7. The molecule has 0 bridgehead atoms. The molecule has 3 aromatic rings. The van der Waals surface area contributed by atoms with E-state index in [4.69, 9.17) is 9.90 Å². The lowest BCUT2D eigenvalue weighted by atomic mass is 10.1. The van der Waals surface area contributed by atoms with E-state index in [1.807, 2.05) is 4.90 Å². The largest absolute Gasteiger partial charge is 0.490 e. The van der Waals surface area contributed by atoms with Crippen LogP contribution in [0.4, 0.5) is 39.0 Å². The minimum absolute atomic E-state index is 0.0477. The Morgan fingerprint density at radius 1 is 0.769 bits per heavy atom. The van der Waals surface area contributed by atoms with Crippen LogP contribution in [-0.2, 0) is 4.79 Å². The Kier molecular flexibility index (Phi) is 9.07. The number of carboxylic acid groups (broad SMARTS) is 2. The highest BCUT2D eigenvalue weighted by Gasteiger charge is 2.38. The van der Waals surface area contributed by atoms with E-state index < -0.39 is 29.8 Å². The molecule has 0 radical (unpaired) electrons. The summed E-state index contributed by atoms with van der Waals surface area (Å²) in [5, 5.41) is 19.4. The van der Waals surface area contributed by atoms with Crippen molar-refractivity contribution < 1.29 is 46.5 Å². The van der Waals surface area contributed by atoms with E-state index in [1.54, 1.807) is 30.3 Å². The predicted molar refractivity (Wildman–Crippen MR) is 132 cm³/mol. The van der Waals surface area contributed by atoms with Crippen molar-refractivity contribution in [3.63, 3.8) is 0 Å². The second-order valence-electron chi connectivity index (χ2n) is 8.22. The first kappa shape index (κ1) is 28.9. The van der Waals surface area contributed by atoms with E-state index in [-0.39, 0.29) is 22.6 Å². The number of rotatable bonds is 5. The molecule has 4 rings (SSSR count). The van der Waals surface area contributed by atoms with Crippen LogP contribution in [0.1, 0.15) is 20.7 Å². The summed E-state index contributed by atoms with van der Waals surface area (Å²) in [6, 6.07) is 16.5. The number of nitrogens with zero attached hydrogens (tertiary/aromatic N) is 2. The molecular formula is C26H22F5N3O5. The highest BCUT2D eigenvalue weighted by atomic mass is 19.4. The second-order valence-corrected chi connectivity index (χ2v) is 8.22. The number of hydrogen-bond donors (Lipinski definition) is 3. The summed E-state index contributed by atoms with van der Waals surface area (Å²) in [5.41, 5.74) is 1.65. The molecule has 1 heterocycles. The summed E-state index contributed by atoms with van der Waals surface area (Å²) in [6.07, 6.45) is -5.08. The minimum Gasteiger partial charge on any atom is -0.478 e. The van der Waals surface area contributed by atoms with Crippen molar-refractivity contribution in [2.45, 2.75) is 6.18 Å². The fourth-order valence-corrected chi connectivity index (χ4v) is 3.76. The number of nitrogens with one attached hydrogen (secondary N) is 1. The topological polar surface area (TPSA) is 110 Å². The maximum absolute atomic E-state index is 13.8. The Labute approximate surface area is 218 Å². The number of hydrogen-bond acceptors (Lipinski definition) is 5. The van der Waals surface area contributed by atoms with E-state index in [9.17, 15) is 36.6 Å². The summed E-state index contributed by atoms with van der Waals surface area (Å²) < 4.78 is 58.7. The second kappa shape index (κ2) is 12.2. The van der Waals surface area contributed by atoms with Crippen LogP contribution < -0.4 is 15.1 Å². The molecule has 1 aliphatic heterocycles. The number of carbonyl (C=O) groups excluding carboxylic acids is 1. The number of piperazine rings is 1. The number of aliphatic carboxylic acids is 1. The van der Waals surface area contributed by atoms with Gasteiger partial charge in [-0.25, -0.2) is 18.4 Å². The average Bonchev–Trinajstić information content (AvgIpc) is 2.89. The lowest BCUT2D eigenvalue weighted by Crippen LogP contribution is -2.47. The third-order valence-electron chi connectivity index (χ3n) is 5.66. The van der Waals surface area contributed by atoms with Crippen molar-refractivity contribution in [3.8, 4) is 0 Å². The van der Waals surface area contributed by atoms with Crippen LogP contribution in [-0.4, -0.2) is 60.4 Å². The number of carboxylic acids is 2. The highest BCUT2D eigenvalue weighted by Crippen LogP contribution is 2.27. The van der Waals surface area contributed by atoms with Crippen LogP contribution in [0, 0.1) is 11.6 Å². The molecule has 13 heteroatoms. The maximum Gasteiger partial charge on any atom is 0.490 e. The Hall–Kier alpha value is -4.68. The standard InChI is InChI=1S/C24H21F2N3O3.C2HF3O2/c25-16-5-8-18(9-6-16)28-11-13-29(14-12-28)22-10-7-17(15-20(22)24(31)32)27-23(30)19-3-1-2-4-21(19)26;3-2(4,5)1(6)7/h1-10,15H,11-14H2,(H,27,30)(H,31,32);(H,6,7). The molecule has 0 saturated carbocycles. The van der Waals surface area contributed by atoms with Gasteiger partial charge in [0, 0.05) is 37.6 Å². The van der Waals surface area contributed by atoms with Crippen molar-refractivity contribution in [2.24, 2.45) is 0 Å². The number of aromatic carboxylic acids is 1. The van der Waals surface area contributed by atoms with Gasteiger partial charge < -0.3 is 25.3 Å². The lowest BCUT2D eigenvalue weighted by molar-refractivity contribution is -0.192. The van der Waals surface area contributed by atoms with Crippen molar-refractivity contribution in [1.82, 2.24) is 0 Å². The molecule has 0 atom stereocenters. The van der Waals surface area contributed by atoms with Crippen LogP contribution in [0.2, 0.25) is 0 Å². The first-order valence-corrected chi connectivity index (χ1v) is 11.4. The fourth-order valence-electron chi connectivity index (χ4n) is 3.76. The van der Waals surface area contributed by atoms with Gasteiger partial charge >= 0.3 is 18.1 Å². The quantitative estimate of drug-likeness (QED) is 0.388. The third-order valence-corrected chi connectivity index (χ3v) is 5.66. The molecular weight excluding hydrogens is 529 g/mol. The van der Waals surface area contributed by atoms with Gasteiger partial charge in [0.15, 0.2) is 0 Å². The number of amides is 1. The number of halogens is 5. The molecule has 1 fully saturated rings. The number of carbonyl (C=O) groups is 3. The molecule has 0 unspecified atom stereocenters. The molecule has 3 aromatic carbocycles. The molecule has 206 valence electrons. The fraction of sp³-hybridized carbons (Fsp3) is 0.192. The molecule has 8 nitrogen and oxygen atoms in total. The van der Waals surface area contributed by atoms with Gasteiger partial charge in [0.2, 0.25) is 0 Å². The van der Waals surface area contributed by atoms with E-state index in [0.717, 1.165) is 5.69 Å². The van der Waals surface area contributed by atoms with Crippen LogP contribution in [0.3, 0.4) is 0 Å². The van der Waals surface area contributed by atoms with Gasteiger partial charge in [-0.15, -0.1) is 0 Å². The molecule has 39 heavy (non-hydrogen) atoms. The Morgan fingerprint density at radius 2 is 1.33 bits per heavy atom. The van der Waals surface area contributed by atoms with Crippen LogP contribution in [0.25, 0.3) is 0 Å². The first-order chi connectivity index (χ1) is 18.4. The van der Waals surface area contributed by atoms with Crippen LogP contribution >= 0.6 is 0 Å². The molecule has 1 aliphatic rings. The van der Waals surface area contributed by atoms with Gasteiger partial charge in [-0.3, -0.25) is 4.79 Å². The summed E-state index contributed by atoms with van der Waals surface area (Å²) in [6.45, 7) is 2.46. The van der Waals surface area contributed by atoms with Gasteiger partial charge in [0.25, 0.3) is 5.91 Å². The summed E-state index contributed by atoms with van der Waals surface area (Å²) in [5.74, 6) is -5.48. The van der Waals surface area contributed by atoms with Gasteiger partial charge in [-0.05, 0) is 54.6 Å². The van der Waals surface area contributed by atoms with Gasteiger partial charge in [-0.2, -0.15) is 13.2 Å². The smallest absolute Gasteiger partial charge is 0.478 e. The monoisotopic (exact) mass is 551 g/mol. The number of anilines is 3. The lowest BCUT2D eigenvalue weighted by Gasteiger charge is -2.38. The zero-order valence-electron chi connectivity index (χ0n) is 20.1. The van der Waals surface area contributed by atoms with E-state index in [2.05, 4.69) is 10.2 Å². The highest BCUT2D eigenvalue weighted by molar-refractivity contribution is 6.05. The molecule has 0 aliphatic carbocycles. The normalized spacial score (nSPS) is 13.3. The Bertz CT molecular complexity index is 1340. The van der Waals surface area contributed by atoms with Crippen LogP contribution in [0.15, 0.2) is 66.7 Å². The summed E-state index contributed by atoms with van der Waals surface area (Å²) in [4.78, 5) is 37.2. The van der Waals surface area contributed by atoms with Crippen molar-refractivity contribution in [3.05, 3.63) is 89.5 Å².